The normalized spacial score (nSPS) is 26.5. The first-order chi connectivity index (χ1) is 11.5. The average Bonchev–Trinajstić information content (AvgIpc) is 3.13. The highest BCUT2D eigenvalue weighted by molar-refractivity contribution is 5.95. The Labute approximate surface area is 139 Å². The summed E-state index contributed by atoms with van der Waals surface area (Å²) in [4.78, 5) is 26.4. The van der Waals surface area contributed by atoms with Gasteiger partial charge in [-0.25, -0.2) is 0 Å². The number of aliphatic carboxylic acids is 1. The van der Waals surface area contributed by atoms with Gasteiger partial charge in [0.2, 0.25) is 0 Å². The molecule has 6 heteroatoms. The molecule has 1 N–H and O–H groups in total. The van der Waals surface area contributed by atoms with Crippen LogP contribution < -0.4 is 0 Å². The maximum absolute atomic E-state index is 12.9. The standard InChI is InChI=1S/C18H20N2O4/c1-12-6-15-3-2-13(8-19(15)7-12)16(21)20-9-14-10-24-5-4-18(14,11-20)17(22)23/h2-3,6-8,14H,4-5,9-11H2,1H3,(H,22,23)/t14-,18+/m0/s1. The minimum atomic E-state index is -0.859. The van der Waals surface area contributed by atoms with Crippen LogP contribution in [-0.4, -0.2) is 52.6 Å². The number of pyridine rings is 1. The molecule has 0 spiro atoms. The van der Waals surface area contributed by atoms with Crippen LogP contribution in [0.3, 0.4) is 0 Å². The molecule has 126 valence electrons. The molecule has 2 atom stereocenters. The topological polar surface area (TPSA) is 71.2 Å². The Morgan fingerprint density at radius 3 is 2.92 bits per heavy atom. The van der Waals surface area contributed by atoms with Crippen molar-refractivity contribution in [1.82, 2.24) is 9.30 Å². The summed E-state index contributed by atoms with van der Waals surface area (Å²) in [7, 11) is 0. The summed E-state index contributed by atoms with van der Waals surface area (Å²) in [5.74, 6) is -1.06. The summed E-state index contributed by atoms with van der Waals surface area (Å²) < 4.78 is 7.38. The second-order valence-electron chi connectivity index (χ2n) is 6.94. The SMILES string of the molecule is Cc1cc2ccc(C(=O)N3C[C@H]4COCC[C@@]4(C(=O)O)C3)cn2c1. The molecule has 2 fully saturated rings. The number of aromatic nitrogens is 1. The highest BCUT2D eigenvalue weighted by Gasteiger charge is 2.54. The van der Waals surface area contributed by atoms with Crippen molar-refractivity contribution in [1.29, 1.82) is 0 Å². The monoisotopic (exact) mass is 328 g/mol. The summed E-state index contributed by atoms with van der Waals surface area (Å²) in [6.07, 6.45) is 4.26. The predicted molar refractivity (Wildman–Crippen MR) is 87.0 cm³/mol. The summed E-state index contributed by atoms with van der Waals surface area (Å²) >= 11 is 0. The Morgan fingerprint density at radius 1 is 1.33 bits per heavy atom. The number of ether oxygens (including phenoxy) is 1. The van der Waals surface area contributed by atoms with Crippen molar-refractivity contribution in [3.8, 4) is 0 Å². The van der Waals surface area contributed by atoms with Gasteiger partial charge in [0, 0.05) is 43.5 Å². The van der Waals surface area contributed by atoms with Gasteiger partial charge in [0.25, 0.3) is 5.91 Å². The van der Waals surface area contributed by atoms with Crippen molar-refractivity contribution in [2.75, 3.05) is 26.3 Å². The van der Waals surface area contributed by atoms with E-state index in [0.717, 1.165) is 11.1 Å². The zero-order valence-electron chi connectivity index (χ0n) is 13.6. The van der Waals surface area contributed by atoms with Gasteiger partial charge in [0.05, 0.1) is 17.6 Å². The molecule has 1 amide bonds. The van der Waals surface area contributed by atoms with Crippen molar-refractivity contribution < 1.29 is 19.4 Å². The van der Waals surface area contributed by atoms with Gasteiger partial charge in [0.15, 0.2) is 0 Å². The lowest BCUT2D eigenvalue weighted by atomic mass is 9.74. The van der Waals surface area contributed by atoms with Gasteiger partial charge in [-0.3, -0.25) is 9.59 Å². The number of fused-ring (bicyclic) bond motifs is 2. The van der Waals surface area contributed by atoms with Crippen LogP contribution >= 0.6 is 0 Å². The third-order valence-corrected chi connectivity index (χ3v) is 5.40. The van der Waals surface area contributed by atoms with E-state index in [1.54, 1.807) is 4.90 Å². The summed E-state index contributed by atoms with van der Waals surface area (Å²) in [6.45, 7) is 3.56. The first-order valence-corrected chi connectivity index (χ1v) is 8.18. The fourth-order valence-corrected chi connectivity index (χ4v) is 4.02. The van der Waals surface area contributed by atoms with Gasteiger partial charge >= 0.3 is 5.97 Å². The molecule has 24 heavy (non-hydrogen) atoms. The summed E-state index contributed by atoms with van der Waals surface area (Å²) in [5.41, 5.74) is 1.89. The number of carboxylic acids is 1. The Hall–Kier alpha value is -2.34. The maximum Gasteiger partial charge on any atom is 0.311 e. The van der Waals surface area contributed by atoms with Crippen molar-refractivity contribution in [3.05, 3.63) is 41.7 Å². The Balaban J connectivity index is 1.63. The number of carboxylic acid groups (broad SMARTS) is 1. The van der Waals surface area contributed by atoms with Gasteiger partial charge < -0.3 is 19.1 Å². The molecule has 2 aromatic heterocycles. The molecule has 6 nitrogen and oxygen atoms in total. The summed E-state index contributed by atoms with van der Waals surface area (Å²) in [6, 6.07) is 5.78. The van der Waals surface area contributed by atoms with Crippen LogP contribution in [-0.2, 0) is 9.53 Å². The summed E-state index contributed by atoms with van der Waals surface area (Å²) in [5, 5.41) is 9.72. The Bertz CT molecular complexity index is 828. The van der Waals surface area contributed by atoms with Crippen LogP contribution in [0.4, 0.5) is 0 Å². The zero-order valence-corrected chi connectivity index (χ0v) is 13.6. The number of hydrogen-bond acceptors (Lipinski definition) is 3. The minimum absolute atomic E-state index is 0.113. The Morgan fingerprint density at radius 2 is 2.17 bits per heavy atom. The molecule has 4 rings (SSSR count). The maximum atomic E-state index is 12.9. The molecular formula is C18H20N2O4. The van der Waals surface area contributed by atoms with Crippen LogP contribution in [0.15, 0.2) is 30.6 Å². The van der Waals surface area contributed by atoms with Crippen LogP contribution in [0.5, 0.6) is 0 Å². The van der Waals surface area contributed by atoms with E-state index in [9.17, 15) is 14.7 Å². The molecule has 4 heterocycles. The van der Waals surface area contributed by atoms with Gasteiger partial charge in [-0.05, 0) is 37.1 Å². The van der Waals surface area contributed by atoms with Crippen LogP contribution in [0.25, 0.3) is 5.52 Å². The van der Waals surface area contributed by atoms with E-state index < -0.39 is 11.4 Å². The number of aryl methyl sites for hydroxylation is 1. The largest absolute Gasteiger partial charge is 0.481 e. The number of hydrogen-bond donors (Lipinski definition) is 1. The number of amides is 1. The third kappa shape index (κ3) is 2.21. The van der Waals surface area contributed by atoms with Gasteiger partial charge in [0.1, 0.15) is 0 Å². The number of rotatable bonds is 2. The molecule has 0 radical (unpaired) electrons. The van der Waals surface area contributed by atoms with E-state index in [0.29, 0.717) is 31.7 Å². The fourth-order valence-electron chi connectivity index (χ4n) is 4.02. The van der Waals surface area contributed by atoms with E-state index in [-0.39, 0.29) is 18.4 Å². The van der Waals surface area contributed by atoms with Gasteiger partial charge in [-0.15, -0.1) is 0 Å². The van der Waals surface area contributed by atoms with E-state index in [4.69, 9.17) is 4.74 Å². The molecule has 0 unspecified atom stereocenters. The smallest absolute Gasteiger partial charge is 0.311 e. The predicted octanol–water partition coefficient (Wildman–Crippen LogP) is 1.81. The number of carbonyl (C=O) groups excluding carboxylic acids is 1. The second kappa shape index (κ2) is 5.34. The van der Waals surface area contributed by atoms with Gasteiger partial charge in [-0.2, -0.15) is 0 Å². The third-order valence-electron chi connectivity index (χ3n) is 5.40. The first kappa shape index (κ1) is 15.2. The van der Waals surface area contributed by atoms with Crippen molar-refractivity contribution in [2.24, 2.45) is 11.3 Å². The van der Waals surface area contributed by atoms with E-state index in [2.05, 4.69) is 6.07 Å². The molecule has 2 aliphatic rings. The minimum Gasteiger partial charge on any atom is -0.481 e. The fraction of sp³-hybridized carbons (Fsp3) is 0.444. The van der Waals surface area contributed by atoms with Crippen molar-refractivity contribution in [2.45, 2.75) is 13.3 Å². The van der Waals surface area contributed by atoms with Crippen LogP contribution in [0.1, 0.15) is 22.3 Å². The molecule has 2 aromatic rings. The lowest BCUT2D eigenvalue weighted by Gasteiger charge is -2.33. The number of likely N-dealkylation sites (tertiary alicyclic amines) is 1. The quantitative estimate of drug-likeness (QED) is 0.913. The first-order valence-electron chi connectivity index (χ1n) is 8.18. The average molecular weight is 328 g/mol. The van der Waals surface area contributed by atoms with Crippen LogP contribution in [0.2, 0.25) is 0 Å². The second-order valence-corrected chi connectivity index (χ2v) is 6.94. The van der Waals surface area contributed by atoms with E-state index in [1.807, 2.05) is 35.9 Å². The number of nitrogens with zero attached hydrogens (tertiary/aromatic N) is 2. The van der Waals surface area contributed by atoms with E-state index in [1.165, 1.54) is 0 Å². The molecule has 0 saturated carbocycles. The van der Waals surface area contributed by atoms with Gasteiger partial charge in [-0.1, -0.05) is 0 Å². The molecule has 0 bridgehead atoms. The molecule has 0 aromatic carbocycles. The molecular weight excluding hydrogens is 308 g/mol. The highest BCUT2D eigenvalue weighted by atomic mass is 16.5. The zero-order chi connectivity index (χ0) is 16.9. The van der Waals surface area contributed by atoms with Crippen molar-refractivity contribution >= 4 is 17.4 Å². The Kier molecular flexibility index (Phi) is 3.38. The lowest BCUT2D eigenvalue weighted by Crippen LogP contribution is -2.45. The van der Waals surface area contributed by atoms with E-state index >= 15 is 0 Å². The molecule has 2 aliphatic heterocycles. The van der Waals surface area contributed by atoms with Crippen LogP contribution in [0, 0.1) is 18.3 Å². The highest BCUT2D eigenvalue weighted by Crippen LogP contribution is 2.42. The molecule has 2 saturated heterocycles. The number of carbonyl (C=O) groups is 2. The lowest BCUT2D eigenvalue weighted by molar-refractivity contribution is -0.157. The van der Waals surface area contributed by atoms with Crippen molar-refractivity contribution in [3.63, 3.8) is 0 Å². The molecule has 0 aliphatic carbocycles.